The molecule has 1 aromatic carbocycles. The Hall–Kier alpha value is -1.75. The Morgan fingerprint density at radius 1 is 1.26 bits per heavy atom. The Bertz CT molecular complexity index is 533. The standard InChI is InChI=1S/C18H28N2O3/c1-12(13-8-9-16(22-2)17(10-13)23-3)20-18(21)11-14-6-4-5-7-15(14)19/h8-10,12,14-15H,4-7,11,19H2,1-3H3,(H,20,21). The van der Waals surface area contributed by atoms with Crippen LogP contribution in [0.15, 0.2) is 18.2 Å². The number of hydrogen-bond donors (Lipinski definition) is 2. The van der Waals surface area contributed by atoms with Crippen molar-refractivity contribution in [1.82, 2.24) is 5.32 Å². The molecule has 1 aromatic rings. The zero-order chi connectivity index (χ0) is 16.8. The lowest BCUT2D eigenvalue weighted by Crippen LogP contribution is -2.37. The lowest BCUT2D eigenvalue weighted by molar-refractivity contribution is -0.123. The van der Waals surface area contributed by atoms with Crippen molar-refractivity contribution in [2.75, 3.05) is 14.2 Å². The number of nitrogens with one attached hydrogen (secondary N) is 1. The molecule has 1 fully saturated rings. The van der Waals surface area contributed by atoms with Crippen molar-refractivity contribution in [2.24, 2.45) is 11.7 Å². The quantitative estimate of drug-likeness (QED) is 0.845. The van der Waals surface area contributed by atoms with Crippen LogP contribution in [0.4, 0.5) is 0 Å². The Morgan fingerprint density at radius 3 is 2.61 bits per heavy atom. The third-order valence-electron chi connectivity index (χ3n) is 4.70. The molecule has 1 amide bonds. The highest BCUT2D eigenvalue weighted by Gasteiger charge is 2.24. The van der Waals surface area contributed by atoms with Gasteiger partial charge in [-0.25, -0.2) is 0 Å². The van der Waals surface area contributed by atoms with Gasteiger partial charge in [0, 0.05) is 12.5 Å². The van der Waals surface area contributed by atoms with Gasteiger partial charge in [0.05, 0.1) is 20.3 Å². The van der Waals surface area contributed by atoms with E-state index >= 15 is 0 Å². The average molecular weight is 320 g/mol. The van der Waals surface area contributed by atoms with Crippen LogP contribution in [0.5, 0.6) is 11.5 Å². The van der Waals surface area contributed by atoms with Crippen LogP contribution in [-0.2, 0) is 4.79 Å². The maximum absolute atomic E-state index is 12.3. The lowest BCUT2D eigenvalue weighted by Gasteiger charge is -2.28. The molecule has 0 bridgehead atoms. The maximum Gasteiger partial charge on any atom is 0.220 e. The second-order valence-electron chi connectivity index (χ2n) is 6.32. The van der Waals surface area contributed by atoms with E-state index in [2.05, 4.69) is 5.32 Å². The van der Waals surface area contributed by atoms with E-state index in [4.69, 9.17) is 15.2 Å². The first-order chi connectivity index (χ1) is 11.0. The van der Waals surface area contributed by atoms with Crippen LogP contribution in [0, 0.1) is 5.92 Å². The number of carbonyl (C=O) groups is 1. The summed E-state index contributed by atoms with van der Waals surface area (Å²) in [5, 5.41) is 3.06. The summed E-state index contributed by atoms with van der Waals surface area (Å²) in [6.07, 6.45) is 4.96. The van der Waals surface area contributed by atoms with Gasteiger partial charge in [-0.15, -0.1) is 0 Å². The summed E-state index contributed by atoms with van der Waals surface area (Å²) in [6.45, 7) is 1.97. The number of amides is 1. The fourth-order valence-corrected chi connectivity index (χ4v) is 3.23. The minimum absolute atomic E-state index is 0.0645. The summed E-state index contributed by atoms with van der Waals surface area (Å²) < 4.78 is 10.6. The number of rotatable bonds is 6. The van der Waals surface area contributed by atoms with Gasteiger partial charge in [-0.2, -0.15) is 0 Å². The van der Waals surface area contributed by atoms with Crippen molar-refractivity contribution in [1.29, 1.82) is 0 Å². The average Bonchev–Trinajstić information content (AvgIpc) is 2.56. The van der Waals surface area contributed by atoms with E-state index in [1.54, 1.807) is 14.2 Å². The molecule has 128 valence electrons. The number of carbonyl (C=O) groups excluding carboxylic acids is 1. The largest absolute Gasteiger partial charge is 0.493 e. The van der Waals surface area contributed by atoms with E-state index in [-0.39, 0.29) is 18.0 Å². The van der Waals surface area contributed by atoms with Crippen LogP contribution < -0.4 is 20.5 Å². The monoisotopic (exact) mass is 320 g/mol. The molecule has 3 N–H and O–H groups in total. The number of benzene rings is 1. The van der Waals surface area contributed by atoms with E-state index in [1.807, 2.05) is 25.1 Å². The van der Waals surface area contributed by atoms with Gasteiger partial charge >= 0.3 is 0 Å². The molecule has 1 aliphatic carbocycles. The highest BCUT2D eigenvalue weighted by Crippen LogP contribution is 2.30. The van der Waals surface area contributed by atoms with Gasteiger partial charge in [-0.05, 0) is 43.4 Å². The molecular formula is C18H28N2O3. The predicted octanol–water partition coefficient (Wildman–Crippen LogP) is 2.79. The molecule has 0 spiro atoms. The van der Waals surface area contributed by atoms with Crippen LogP contribution in [0.2, 0.25) is 0 Å². The molecule has 0 saturated heterocycles. The molecule has 5 nitrogen and oxygen atoms in total. The molecular weight excluding hydrogens is 292 g/mol. The number of hydrogen-bond acceptors (Lipinski definition) is 4. The number of nitrogens with two attached hydrogens (primary N) is 1. The summed E-state index contributed by atoms with van der Waals surface area (Å²) in [5.74, 6) is 1.72. The smallest absolute Gasteiger partial charge is 0.220 e. The van der Waals surface area contributed by atoms with E-state index in [0.29, 0.717) is 23.8 Å². The SMILES string of the molecule is COc1ccc(C(C)NC(=O)CC2CCCCC2N)cc1OC. The topological polar surface area (TPSA) is 73.6 Å². The van der Waals surface area contributed by atoms with Crippen LogP contribution in [0.1, 0.15) is 50.6 Å². The van der Waals surface area contributed by atoms with E-state index in [9.17, 15) is 4.79 Å². The molecule has 23 heavy (non-hydrogen) atoms. The summed E-state index contributed by atoms with van der Waals surface area (Å²) in [7, 11) is 3.21. The summed E-state index contributed by atoms with van der Waals surface area (Å²) in [5.41, 5.74) is 7.12. The molecule has 1 aliphatic rings. The van der Waals surface area contributed by atoms with E-state index < -0.39 is 0 Å². The molecule has 5 heteroatoms. The third kappa shape index (κ3) is 4.61. The van der Waals surface area contributed by atoms with Gasteiger partial charge in [0.25, 0.3) is 0 Å². The summed E-state index contributed by atoms with van der Waals surface area (Å²) in [4.78, 5) is 12.3. The molecule has 0 aliphatic heterocycles. The highest BCUT2D eigenvalue weighted by molar-refractivity contribution is 5.76. The Morgan fingerprint density at radius 2 is 1.96 bits per heavy atom. The molecule has 0 radical (unpaired) electrons. The number of ether oxygens (including phenoxy) is 2. The minimum atomic E-state index is -0.0814. The third-order valence-corrected chi connectivity index (χ3v) is 4.70. The normalized spacial score (nSPS) is 22.3. The first-order valence-electron chi connectivity index (χ1n) is 8.32. The minimum Gasteiger partial charge on any atom is -0.493 e. The molecule has 0 aromatic heterocycles. The van der Waals surface area contributed by atoms with E-state index in [1.165, 1.54) is 12.8 Å². The van der Waals surface area contributed by atoms with Crippen molar-refractivity contribution in [3.63, 3.8) is 0 Å². The summed E-state index contributed by atoms with van der Waals surface area (Å²) >= 11 is 0. The lowest BCUT2D eigenvalue weighted by atomic mass is 9.83. The molecule has 1 saturated carbocycles. The Kier molecular flexibility index (Phi) is 6.28. The molecule has 3 unspecified atom stereocenters. The second kappa shape index (κ2) is 8.20. The molecule has 3 atom stereocenters. The zero-order valence-electron chi connectivity index (χ0n) is 14.3. The molecule has 0 heterocycles. The van der Waals surface area contributed by atoms with Crippen molar-refractivity contribution in [3.05, 3.63) is 23.8 Å². The summed E-state index contributed by atoms with van der Waals surface area (Å²) in [6, 6.07) is 5.77. The van der Waals surface area contributed by atoms with Crippen LogP contribution >= 0.6 is 0 Å². The van der Waals surface area contributed by atoms with Gasteiger partial charge in [0.2, 0.25) is 5.91 Å². The van der Waals surface area contributed by atoms with Crippen LogP contribution in [0.3, 0.4) is 0 Å². The van der Waals surface area contributed by atoms with Crippen LogP contribution in [0.25, 0.3) is 0 Å². The van der Waals surface area contributed by atoms with Gasteiger partial charge in [0.15, 0.2) is 11.5 Å². The predicted molar refractivity (Wildman–Crippen MR) is 90.7 cm³/mol. The first-order valence-corrected chi connectivity index (χ1v) is 8.32. The van der Waals surface area contributed by atoms with Gasteiger partial charge in [-0.1, -0.05) is 18.9 Å². The van der Waals surface area contributed by atoms with Gasteiger partial charge < -0.3 is 20.5 Å². The number of methoxy groups -OCH3 is 2. The first kappa shape index (κ1) is 17.6. The fourth-order valence-electron chi connectivity index (χ4n) is 3.23. The maximum atomic E-state index is 12.3. The molecule has 2 rings (SSSR count). The Labute approximate surface area is 138 Å². The van der Waals surface area contributed by atoms with Crippen LogP contribution in [-0.4, -0.2) is 26.2 Å². The second-order valence-corrected chi connectivity index (χ2v) is 6.32. The van der Waals surface area contributed by atoms with Gasteiger partial charge in [-0.3, -0.25) is 4.79 Å². The Balaban J connectivity index is 1.95. The van der Waals surface area contributed by atoms with E-state index in [0.717, 1.165) is 18.4 Å². The van der Waals surface area contributed by atoms with Gasteiger partial charge in [0.1, 0.15) is 0 Å². The van der Waals surface area contributed by atoms with Crippen molar-refractivity contribution in [2.45, 2.75) is 51.1 Å². The zero-order valence-corrected chi connectivity index (χ0v) is 14.3. The highest BCUT2D eigenvalue weighted by atomic mass is 16.5. The fraction of sp³-hybridized carbons (Fsp3) is 0.611. The van der Waals surface area contributed by atoms with Crippen molar-refractivity contribution < 1.29 is 14.3 Å². The van der Waals surface area contributed by atoms with Crippen molar-refractivity contribution >= 4 is 5.91 Å². The van der Waals surface area contributed by atoms with Crippen molar-refractivity contribution in [3.8, 4) is 11.5 Å².